The minimum Gasteiger partial charge on any atom is -0.369 e. The van der Waals surface area contributed by atoms with Crippen LogP contribution in [0.1, 0.15) is 17.7 Å². The summed E-state index contributed by atoms with van der Waals surface area (Å²) in [5.41, 5.74) is 6.77. The van der Waals surface area contributed by atoms with Crippen LogP contribution in [0.4, 0.5) is 15.2 Å². The van der Waals surface area contributed by atoms with Gasteiger partial charge in [-0.25, -0.2) is 9.37 Å². The first kappa shape index (κ1) is 20.3. The van der Waals surface area contributed by atoms with Crippen LogP contribution in [0.5, 0.6) is 0 Å². The van der Waals surface area contributed by atoms with Crippen molar-refractivity contribution in [3.05, 3.63) is 35.3 Å². The molecule has 2 heterocycles. The monoisotopic (exact) mass is 422 g/mol. The summed E-state index contributed by atoms with van der Waals surface area (Å²) in [5.74, 6) is -2.03. The quantitative estimate of drug-likeness (QED) is 0.696. The zero-order valence-electron chi connectivity index (χ0n) is 15.3. The van der Waals surface area contributed by atoms with Crippen LogP contribution >= 0.6 is 23.1 Å². The SMILES string of the molecule is Cc1ccc(N2CC(C(=O)Nc3nc(C)c(SCC(N)=O)s3)CC2=O)c(F)c1. The zero-order valence-corrected chi connectivity index (χ0v) is 17.0. The molecule has 1 saturated heterocycles. The lowest BCUT2D eigenvalue weighted by Gasteiger charge is -2.17. The molecule has 0 bridgehead atoms. The maximum Gasteiger partial charge on any atom is 0.231 e. The summed E-state index contributed by atoms with van der Waals surface area (Å²) in [6.07, 6.45) is 0.00674. The molecule has 148 valence electrons. The number of aromatic nitrogens is 1. The molecule has 0 radical (unpaired) electrons. The maximum absolute atomic E-state index is 14.2. The third-order valence-electron chi connectivity index (χ3n) is 4.22. The maximum atomic E-state index is 14.2. The number of benzene rings is 1. The van der Waals surface area contributed by atoms with Gasteiger partial charge in [0.25, 0.3) is 0 Å². The van der Waals surface area contributed by atoms with Crippen molar-refractivity contribution >= 4 is 51.6 Å². The Labute approximate surface area is 169 Å². The van der Waals surface area contributed by atoms with Gasteiger partial charge in [0, 0.05) is 13.0 Å². The lowest BCUT2D eigenvalue weighted by molar-refractivity contribution is -0.122. The normalized spacial score (nSPS) is 16.5. The van der Waals surface area contributed by atoms with E-state index in [1.165, 1.54) is 34.1 Å². The number of carbonyl (C=O) groups is 3. The van der Waals surface area contributed by atoms with Crippen LogP contribution < -0.4 is 16.0 Å². The van der Waals surface area contributed by atoms with Crippen molar-refractivity contribution in [3.8, 4) is 0 Å². The van der Waals surface area contributed by atoms with Crippen LogP contribution in [0.25, 0.3) is 0 Å². The Kier molecular flexibility index (Phi) is 5.99. The Morgan fingerprint density at radius 2 is 2.18 bits per heavy atom. The Morgan fingerprint density at radius 3 is 2.86 bits per heavy atom. The number of aryl methyl sites for hydroxylation is 2. The van der Waals surface area contributed by atoms with Gasteiger partial charge in [-0.05, 0) is 31.5 Å². The molecule has 3 rings (SSSR count). The predicted molar refractivity (Wildman–Crippen MR) is 107 cm³/mol. The van der Waals surface area contributed by atoms with Gasteiger partial charge in [-0.15, -0.1) is 11.8 Å². The van der Waals surface area contributed by atoms with Gasteiger partial charge in [0.1, 0.15) is 5.82 Å². The number of nitrogens with one attached hydrogen (secondary N) is 1. The molecule has 1 atom stereocenters. The number of thiazole rings is 1. The summed E-state index contributed by atoms with van der Waals surface area (Å²) in [6.45, 7) is 3.65. The fourth-order valence-electron chi connectivity index (χ4n) is 2.86. The molecule has 1 aromatic heterocycles. The Morgan fingerprint density at radius 1 is 1.43 bits per heavy atom. The molecular weight excluding hydrogens is 403 g/mol. The van der Waals surface area contributed by atoms with Crippen LogP contribution in [-0.2, 0) is 14.4 Å². The minimum atomic E-state index is -0.598. The van der Waals surface area contributed by atoms with E-state index >= 15 is 0 Å². The number of thioether (sulfide) groups is 1. The van der Waals surface area contributed by atoms with E-state index in [9.17, 15) is 18.8 Å². The third-order valence-corrected chi connectivity index (χ3v) is 6.68. The van der Waals surface area contributed by atoms with Crippen LogP contribution in [0.3, 0.4) is 0 Å². The smallest absolute Gasteiger partial charge is 0.231 e. The van der Waals surface area contributed by atoms with Crippen molar-refractivity contribution in [2.45, 2.75) is 24.5 Å². The van der Waals surface area contributed by atoms with E-state index in [0.717, 1.165) is 9.77 Å². The molecule has 3 amide bonds. The second kappa shape index (κ2) is 8.27. The molecule has 0 spiro atoms. The number of primary amides is 1. The molecule has 1 fully saturated rings. The van der Waals surface area contributed by atoms with Crippen molar-refractivity contribution < 1.29 is 18.8 Å². The first-order valence-electron chi connectivity index (χ1n) is 8.50. The minimum absolute atomic E-state index is 0.00674. The van der Waals surface area contributed by atoms with Gasteiger partial charge < -0.3 is 16.0 Å². The summed E-state index contributed by atoms with van der Waals surface area (Å²) >= 11 is 2.51. The van der Waals surface area contributed by atoms with Crippen LogP contribution in [0, 0.1) is 25.6 Å². The Balaban J connectivity index is 1.66. The first-order valence-corrected chi connectivity index (χ1v) is 10.3. The number of hydrogen-bond acceptors (Lipinski definition) is 6. The van der Waals surface area contributed by atoms with Gasteiger partial charge in [0.15, 0.2) is 5.13 Å². The highest BCUT2D eigenvalue weighted by molar-refractivity contribution is 8.01. The molecular formula is C18H19FN4O3S2. The third kappa shape index (κ3) is 4.50. The molecule has 1 unspecified atom stereocenters. The van der Waals surface area contributed by atoms with E-state index in [1.807, 2.05) is 0 Å². The van der Waals surface area contributed by atoms with Crippen molar-refractivity contribution in [1.82, 2.24) is 4.98 Å². The highest BCUT2D eigenvalue weighted by Gasteiger charge is 2.36. The fourth-order valence-corrected chi connectivity index (χ4v) is 4.74. The molecule has 10 heteroatoms. The van der Waals surface area contributed by atoms with Gasteiger partial charge in [-0.3, -0.25) is 14.4 Å². The number of hydrogen-bond donors (Lipinski definition) is 2. The van der Waals surface area contributed by atoms with Crippen molar-refractivity contribution in [2.24, 2.45) is 11.7 Å². The van der Waals surface area contributed by atoms with E-state index in [1.54, 1.807) is 26.0 Å². The van der Waals surface area contributed by atoms with Crippen molar-refractivity contribution in [1.29, 1.82) is 0 Å². The highest BCUT2D eigenvalue weighted by Crippen LogP contribution is 2.33. The second-order valence-corrected chi connectivity index (χ2v) is 8.74. The first-order chi connectivity index (χ1) is 13.2. The number of carbonyl (C=O) groups excluding carboxylic acids is 3. The fraction of sp³-hybridized carbons (Fsp3) is 0.333. The zero-order chi connectivity index (χ0) is 20.4. The topological polar surface area (TPSA) is 105 Å². The molecule has 1 aliphatic heterocycles. The number of amides is 3. The second-order valence-electron chi connectivity index (χ2n) is 6.50. The van der Waals surface area contributed by atoms with Crippen molar-refractivity contribution in [2.75, 3.05) is 22.5 Å². The molecule has 0 saturated carbocycles. The van der Waals surface area contributed by atoms with Gasteiger partial charge in [0.05, 0.1) is 27.3 Å². The Hall–Kier alpha value is -2.46. The average molecular weight is 423 g/mol. The lowest BCUT2D eigenvalue weighted by Crippen LogP contribution is -2.28. The van der Waals surface area contributed by atoms with E-state index in [2.05, 4.69) is 10.3 Å². The van der Waals surface area contributed by atoms with E-state index in [0.29, 0.717) is 10.8 Å². The van der Waals surface area contributed by atoms with Gasteiger partial charge in [-0.2, -0.15) is 0 Å². The van der Waals surface area contributed by atoms with Crippen molar-refractivity contribution in [3.63, 3.8) is 0 Å². The number of nitrogens with zero attached hydrogens (tertiary/aromatic N) is 2. The van der Waals surface area contributed by atoms with E-state index < -0.39 is 17.6 Å². The summed E-state index contributed by atoms with van der Waals surface area (Å²) in [4.78, 5) is 41.4. The van der Waals surface area contributed by atoms with Gasteiger partial charge >= 0.3 is 0 Å². The molecule has 28 heavy (non-hydrogen) atoms. The molecule has 1 aromatic carbocycles. The number of nitrogens with two attached hydrogens (primary N) is 1. The van der Waals surface area contributed by atoms with Crippen LogP contribution in [0.2, 0.25) is 0 Å². The Bertz CT molecular complexity index is 947. The lowest BCUT2D eigenvalue weighted by atomic mass is 10.1. The average Bonchev–Trinajstić information content (AvgIpc) is 3.16. The summed E-state index contributed by atoms with van der Waals surface area (Å²) in [5, 5.41) is 3.11. The highest BCUT2D eigenvalue weighted by atomic mass is 32.2. The van der Waals surface area contributed by atoms with E-state index in [4.69, 9.17) is 5.73 Å². The molecule has 2 aromatic rings. The van der Waals surface area contributed by atoms with Crippen LogP contribution in [0.15, 0.2) is 22.4 Å². The molecule has 0 aliphatic carbocycles. The summed E-state index contributed by atoms with van der Waals surface area (Å²) < 4.78 is 15.0. The summed E-state index contributed by atoms with van der Waals surface area (Å²) in [6, 6.07) is 4.64. The number of halogens is 1. The van der Waals surface area contributed by atoms with Gasteiger partial charge in [0.2, 0.25) is 17.7 Å². The predicted octanol–water partition coefficient (Wildman–Crippen LogP) is 2.47. The number of anilines is 2. The van der Waals surface area contributed by atoms with Gasteiger partial charge in [-0.1, -0.05) is 17.4 Å². The molecule has 7 nitrogen and oxygen atoms in total. The van der Waals surface area contributed by atoms with Crippen LogP contribution in [-0.4, -0.2) is 35.0 Å². The molecule has 1 aliphatic rings. The largest absolute Gasteiger partial charge is 0.369 e. The van der Waals surface area contributed by atoms with E-state index in [-0.39, 0.29) is 36.2 Å². The standard InChI is InChI=1S/C18H19FN4O3S2/c1-9-3-4-13(12(19)5-9)23-7-11(6-15(23)25)16(26)22-18-21-10(2)17(28-18)27-8-14(20)24/h3-5,11H,6-8H2,1-2H3,(H2,20,24)(H,21,22,26). The summed E-state index contributed by atoms with van der Waals surface area (Å²) in [7, 11) is 0. The molecule has 3 N–H and O–H groups in total. The number of rotatable bonds is 6.